The van der Waals surface area contributed by atoms with E-state index in [2.05, 4.69) is 19.9 Å². The second-order valence-corrected chi connectivity index (χ2v) is 4.51. The van der Waals surface area contributed by atoms with Gasteiger partial charge in [0, 0.05) is 6.92 Å². The Hall–Kier alpha value is -0.790. The van der Waals surface area contributed by atoms with Crippen molar-refractivity contribution in [3.8, 4) is 0 Å². The Kier molecular flexibility index (Phi) is 3.12. The molecule has 0 aromatic carbocycles. The predicted octanol–water partition coefficient (Wildman–Crippen LogP) is 2.69. The van der Waals surface area contributed by atoms with Gasteiger partial charge < -0.3 is 4.74 Å². The van der Waals surface area contributed by atoms with Crippen molar-refractivity contribution in [2.24, 2.45) is 5.41 Å². The van der Waals surface area contributed by atoms with Gasteiger partial charge in [-0.15, -0.1) is 0 Å². The van der Waals surface area contributed by atoms with Crippen LogP contribution in [0.15, 0.2) is 11.6 Å². The number of carbonyl (C=O) groups is 1. The van der Waals surface area contributed by atoms with Crippen molar-refractivity contribution in [3.05, 3.63) is 11.6 Å². The molecule has 1 saturated carbocycles. The van der Waals surface area contributed by atoms with Gasteiger partial charge in [0.15, 0.2) is 0 Å². The average molecular weight is 182 g/mol. The zero-order valence-corrected chi connectivity index (χ0v) is 8.72. The summed E-state index contributed by atoms with van der Waals surface area (Å²) in [6.45, 7) is 6.44. The van der Waals surface area contributed by atoms with Gasteiger partial charge in [-0.25, -0.2) is 0 Å². The molecule has 0 aromatic rings. The highest BCUT2D eigenvalue weighted by molar-refractivity contribution is 5.66. The number of allylic oxidation sites excluding steroid dienone is 1. The van der Waals surface area contributed by atoms with Crippen LogP contribution < -0.4 is 0 Å². The van der Waals surface area contributed by atoms with Gasteiger partial charge in [-0.3, -0.25) is 4.79 Å². The number of hydrogen-bond donors (Lipinski definition) is 0. The third-order valence-corrected chi connectivity index (χ3v) is 2.49. The normalized spacial score (nSPS) is 23.5. The van der Waals surface area contributed by atoms with E-state index in [1.54, 1.807) is 0 Å². The monoisotopic (exact) mass is 182 g/mol. The lowest BCUT2D eigenvalue weighted by molar-refractivity contribution is -0.139. The predicted molar refractivity (Wildman–Crippen MR) is 52.3 cm³/mol. The Morgan fingerprint density at radius 1 is 1.62 bits per heavy atom. The highest BCUT2D eigenvalue weighted by Crippen LogP contribution is 2.40. The van der Waals surface area contributed by atoms with Crippen LogP contribution in [0.1, 0.15) is 40.0 Å². The van der Waals surface area contributed by atoms with Gasteiger partial charge >= 0.3 is 5.97 Å². The fourth-order valence-electron chi connectivity index (χ4n) is 1.74. The highest BCUT2D eigenvalue weighted by atomic mass is 16.5. The van der Waals surface area contributed by atoms with Crippen LogP contribution >= 0.6 is 0 Å². The zero-order valence-electron chi connectivity index (χ0n) is 8.72. The molecule has 0 bridgehead atoms. The van der Waals surface area contributed by atoms with Crippen molar-refractivity contribution in [2.45, 2.75) is 40.0 Å². The summed E-state index contributed by atoms with van der Waals surface area (Å²) >= 11 is 0. The molecule has 1 aliphatic rings. The first kappa shape index (κ1) is 10.3. The summed E-state index contributed by atoms with van der Waals surface area (Å²) < 4.78 is 4.86. The van der Waals surface area contributed by atoms with Crippen molar-refractivity contribution in [3.63, 3.8) is 0 Å². The van der Waals surface area contributed by atoms with E-state index < -0.39 is 0 Å². The van der Waals surface area contributed by atoms with Crippen LogP contribution in [0.2, 0.25) is 0 Å². The largest absolute Gasteiger partial charge is 0.462 e. The first-order valence-corrected chi connectivity index (χ1v) is 4.81. The molecule has 2 nitrogen and oxygen atoms in total. The van der Waals surface area contributed by atoms with Crippen LogP contribution in [0.3, 0.4) is 0 Å². The molecule has 0 saturated heterocycles. The molecule has 0 aliphatic heterocycles. The van der Waals surface area contributed by atoms with E-state index in [0.29, 0.717) is 12.0 Å². The molecule has 0 aromatic heterocycles. The van der Waals surface area contributed by atoms with Crippen LogP contribution in [0.5, 0.6) is 0 Å². The Morgan fingerprint density at radius 2 is 2.31 bits per heavy atom. The summed E-state index contributed by atoms with van der Waals surface area (Å²) in [7, 11) is 0. The number of carbonyl (C=O) groups excluding carboxylic acids is 1. The van der Waals surface area contributed by atoms with Crippen LogP contribution in [-0.4, -0.2) is 12.6 Å². The van der Waals surface area contributed by atoms with Gasteiger partial charge in [-0.1, -0.05) is 19.4 Å². The van der Waals surface area contributed by atoms with E-state index in [1.165, 1.54) is 18.9 Å². The molecule has 0 atom stereocenters. The first-order valence-electron chi connectivity index (χ1n) is 4.81. The molecular formula is C11H18O2. The third-order valence-electron chi connectivity index (χ3n) is 2.49. The summed E-state index contributed by atoms with van der Waals surface area (Å²) in [6, 6.07) is 0. The Balaban J connectivity index is 2.33. The minimum Gasteiger partial charge on any atom is -0.462 e. The van der Waals surface area contributed by atoms with Crippen molar-refractivity contribution < 1.29 is 9.53 Å². The van der Waals surface area contributed by atoms with Crippen LogP contribution in [-0.2, 0) is 9.53 Å². The molecule has 2 heteroatoms. The van der Waals surface area contributed by atoms with Gasteiger partial charge in [0.25, 0.3) is 0 Å². The van der Waals surface area contributed by atoms with E-state index in [9.17, 15) is 4.79 Å². The minimum atomic E-state index is -0.200. The van der Waals surface area contributed by atoms with E-state index in [4.69, 9.17) is 4.74 Å². The number of hydrogen-bond acceptors (Lipinski definition) is 2. The molecule has 0 amide bonds. The maximum Gasteiger partial charge on any atom is 0.302 e. The minimum absolute atomic E-state index is 0.200. The topological polar surface area (TPSA) is 26.3 Å². The van der Waals surface area contributed by atoms with Crippen LogP contribution in [0.4, 0.5) is 0 Å². The summed E-state index contributed by atoms with van der Waals surface area (Å²) in [5.74, 6) is -0.200. The number of rotatable bonds is 2. The standard InChI is InChI=1S/C11H18O2/c1-9(12)13-7-5-10-4-6-11(2,3)8-10/h5H,4,6-8H2,1-3H3. The lowest BCUT2D eigenvalue weighted by Gasteiger charge is -2.14. The maximum atomic E-state index is 10.5. The fourth-order valence-corrected chi connectivity index (χ4v) is 1.74. The Morgan fingerprint density at radius 3 is 2.77 bits per heavy atom. The molecule has 0 radical (unpaired) electrons. The SMILES string of the molecule is CC(=O)OCC=C1CCC(C)(C)C1. The van der Waals surface area contributed by atoms with Crippen LogP contribution in [0, 0.1) is 5.41 Å². The molecule has 1 fully saturated rings. The fraction of sp³-hybridized carbons (Fsp3) is 0.727. The van der Waals surface area contributed by atoms with Crippen molar-refractivity contribution in [1.82, 2.24) is 0 Å². The van der Waals surface area contributed by atoms with Gasteiger partial charge in [0.2, 0.25) is 0 Å². The second kappa shape index (κ2) is 3.95. The first-order chi connectivity index (χ1) is 5.99. The molecule has 1 aliphatic carbocycles. The molecule has 0 N–H and O–H groups in total. The highest BCUT2D eigenvalue weighted by Gasteiger charge is 2.26. The van der Waals surface area contributed by atoms with Crippen molar-refractivity contribution >= 4 is 5.97 Å². The summed E-state index contributed by atoms with van der Waals surface area (Å²) in [6.07, 6.45) is 5.61. The summed E-state index contributed by atoms with van der Waals surface area (Å²) in [4.78, 5) is 10.5. The molecule has 0 spiro atoms. The smallest absolute Gasteiger partial charge is 0.302 e. The lowest BCUT2D eigenvalue weighted by Crippen LogP contribution is -2.03. The van der Waals surface area contributed by atoms with E-state index in [-0.39, 0.29) is 5.97 Å². The molecule has 1 rings (SSSR count). The van der Waals surface area contributed by atoms with Crippen molar-refractivity contribution in [2.75, 3.05) is 6.61 Å². The van der Waals surface area contributed by atoms with Crippen LogP contribution in [0.25, 0.3) is 0 Å². The van der Waals surface area contributed by atoms with Gasteiger partial charge in [-0.05, 0) is 30.8 Å². The van der Waals surface area contributed by atoms with E-state index in [0.717, 1.165) is 12.8 Å². The molecular weight excluding hydrogens is 164 g/mol. The lowest BCUT2D eigenvalue weighted by atomic mass is 9.92. The van der Waals surface area contributed by atoms with Crippen molar-refractivity contribution in [1.29, 1.82) is 0 Å². The van der Waals surface area contributed by atoms with Gasteiger partial charge in [-0.2, -0.15) is 0 Å². The number of esters is 1. The molecule has 0 heterocycles. The zero-order chi connectivity index (χ0) is 9.90. The molecule has 13 heavy (non-hydrogen) atoms. The van der Waals surface area contributed by atoms with E-state index >= 15 is 0 Å². The van der Waals surface area contributed by atoms with Gasteiger partial charge in [0.05, 0.1) is 0 Å². The average Bonchev–Trinajstić information content (AvgIpc) is 2.29. The van der Waals surface area contributed by atoms with Gasteiger partial charge in [0.1, 0.15) is 6.61 Å². The Labute approximate surface area is 80.0 Å². The quantitative estimate of drug-likeness (QED) is 0.485. The van der Waals surface area contributed by atoms with E-state index in [1.807, 2.05) is 0 Å². The maximum absolute atomic E-state index is 10.5. The second-order valence-electron chi connectivity index (χ2n) is 4.51. The number of ether oxygens (including phenoxy) is 1. The third kappa shape index (κ3) is 3.62. The summed E-state index contributed by atoms with van der Waals surface area (Å²) in [5, 5.41) is 0. The summed E-state index contributed by atoms with van der Waals surface area (Å²) in [5.41, 5.74) is 1.88. The Bertz CT molecular complexity index is 226. The molecule has 74 valence electrons. The molecule has 0 unspecified atom stereocenters.